The van der Waals surface area contributed by atoms with Crippen molar-refractivity contribution in [3.8, 4) is 0 Å². The van der Waals surface area contributed by atoms with E-state index in [0.29, 0.717) is 5.69 Å². The van der Waals surface area contributed by atoms with E-state index in [2.05, 4.69) is 20.9 Å². The van der Waals surface area contributed by atoms with E-state index in [-0.39, 0.29) is 11.7 Å². The Labute approximate surface area is 113 Å². The van der Waals surface area contributed by atoms with Gasteiger partial charge in [-0.1, -0.05) is 22.0 Å². The van der Waals surface area contributed by atoms with Crippen molar-refractivity contribution in [3.05, 3.63) is 40.8 Å². The number of carbonyl (C=O) groups excluding carboxylic acids is 1. The summed E-state index contributed by atoms with van der Waals surface area (Å²) >= 11 is 3.38. The summed E-state index contributed by atoms with van der Waals surface area (Å²) in [7, 11) is 3.45. The first-order chi connectivity index (χ1) is 8.50. The monoisotopic (exact) mass is 308 g/mol. The summed E-state index contributed by atoms with van der Waals surface area (Å²) in [6, 6.07) is 7.50. The zero-order valence-electron chi connectivity index (χ0n) is 10.1. The van der Waals surface area contributed by atoms with Crippen molar-refractivity contribution in [3.63, 3.8) is 0 Å². The van der Waals surface area contributed by atoms with Crippen LogP contribution >= 0.6 is 15.9 Å². The molecule has 2 aromatic rings. The number of carbonyl (C=O) groups is 1. The zero-order chi connectivity index (χ0) is 13.3. The predicted octanol–water partition coefficient (Wildman–Crippen LogP) is 2.04. The molecule has 1 aromatic heterocycles. The van der Waals surface area contributed by atoms with E-state index in [1.165, 1.54) is 11.2 Å². The SMILES string of the molecule is CN(C(=O)c1c(N)ncn1C)c1cccc(Br)c1. The maximum absolute atomic E-state index is 12.3. The van der Waals surface area contributed by atoms with Gasteiger partial charge in [-0.05, 0) is 18.2 Å². The molecule has 1 aromatic carbocycles. The van der Waals surface area contributed by atoms with Gasteiger partial charge in [0.05, 0.1) is 6.33 Å². The Balaban J connectivity index is 2.35. The number of aromatic nitrogens is 2. The molecular formula is C12H13BrN4O. The third-order valence-electron chi connectivity index (χ3n) is 2.67. The highest BCUT2D eigenvalue weighted by Crippen LogP contribution is 2.21. The maximum Gasteiger partial charge on any atom is 0.278 e. The van der Waals surface area contributed by atoms with Crippen LogP contribution in [0.3, 0.4) is 0 Å². The molecule has 6 heteroatoms. The standard InChI is InChI=1S/C12H13BrN4O/c1-16-7-15-11(14)10(16)12(18)17(2)9-5-3-4-8(13)6-9/h3-7H,14H2,1-2H3. The van der Waals surface area contributed by atoms with Crippen molar-refractivity contribution >= 4 is 33.3 Å². The second kappa shape index (κ2) is 4.81. The van der Waals surface area contributed by atoms with Crippen molar-refractivity contribution in [2.75, 3.05) is 17.7 Å². The largest absolute Gasteiger partial charge is 0.382 e. The molecule has 2 N–H and O–H groups in total. The third-order valence-corrected chi connectivity index (χ3v) is 3.16. The molecule has 0 aliphatic rings. The number of aryl methyl sites for hydroxylation is 1. The Hall–Kier alpha value is -1.82. The molecule has 0 aliphatic heterocycles. The summed E-state index contributed by atoms with van der Waals surface area (Å²) < 4.78 is 2.53. The second-order valence-corrected chi connectivity index (χ2v) is 4.85. The molecule has 0 saturated heterocycles. The van der Waals surface area contributed by atoms with Crippen LogP contribution in [-0.2, 0) is 7.05 Å². The van der Waals surface area contributed by atoms with E-state index >= 15 is 0 Å². The fraction of sp³-hybridized carbons (Fsp3) is 0.167. The maximum atomic E-state index is 12.3. The number of benzene rings is 1. The molecule has 2 rings (SSSR count). The summed E-state index contributed by atoms with van der Waals surface area (Å²) in [6.45, 7) is 0. The molecule has 1 amide bonds. The van der Waals surface area contributed by atoms with Gasteiger partial charge in [0.1, 0.15) is 0 Å². The molecule has 94 valence electrons. The van der Waals surface area contributed by atoms with Crippen LogP contribution in [0.5, 0.6) is 0 Å². The first-order valence-corrected chi connectivity index (χ1v) is 6.10. The number of nitrogen functional groups attached to an aromatic ring is 1. The van der Waals surface area contributed by atoms with Crippen LogP contribution in [0, 0.1) is 0 Å². The van der Waals surface area contributed by atoms with Gasteiger partial charge in [-0.2, -0.15) is 0 Å². The van der Waals surface area contributed by atoms with Gasteiger partial charge >= 0.3 is 0 Å². The molecule has 0 bridgehead atoms. The van der Waals surface area contributed by atoms with Crippen LogP contribution in [0.2, 0.25) is 0 Å². The van der Waals surface area contributed by atoms with Gasteiger partial charge in [0.15, 0.2) is 11.5 Å². The highest BCUT2D eigenvalue weighted by molar-refractivity contribution is 9.10. The molecule has 0 spiro atoms. The number of anilines is 2. The Bertz CT molecular complexity index is 574. The molecule has 0 unspecified atom stereocenters. The summed E-state index contributed by atoms with van der Waals surface area (Å²) in [4.78, 5) is 17.8. The Morgan fingerprint density at radius 1 is 1.50 bits per heavy atom. The van der Waals surface area contributed by atoms with Crippen LogP contribution < -0.4 is 10.6 Å². The smallest absolute Gasteiger partial charge is 0.278 e. The Morgan fingerprint density at radius 3 is 2.78 bits per heavy atom. The topological polar surface area (TPSA) is 64.2 Å². The average molecular weight is 309 g/mol. The Kier molecular flexibility index (Phi) is 3.38. The van der Waals surface area contributed by atoms with E-state index in [0.717, 1.165) is 10.2 Å². The molecule has 0 saturated carbocycles. The summed E-state index contributed by atoms with van der Waals surface area (Å²) in [5.41, 5.74) is 6.87. The van der Waals surface area contributed by atoms with Crippen molar-refractivity contribution in [2.45, 2.75) is 0 Å². The van der Waals surface area contributed by atoms with Crippen LogP contribution in [0.25, 0.3) is 0 Å². The first kappa shape index (κ1) is 12.6. The third kappa shape index (κ3) is 2.24. The quantitative estimate of drug-likeness (QED) is 0.923. The molecule has 0 atom stereocenters. The van der Waals surface area contributed by atoms with Crippen molar-refractivity contribution in [2.24, 2.45) is 7.05 Å². The minimum Gasteiger partial charge on any atom is -0.382 e. The highest BCUT2D eigenvalue weighted by atomic mass is 79.9. The van der Waals surface area contributed by atoms with Gasteiger partial charge in [-0.3, -0.25) is 4.79 Å². The lowest BCUT2D eigenvalue weighted by Gasteiger charge is -2.18. The number of hydrogen-bond acceptors (Lipinski definition) is 3. The summed E-state index contributed by atoms with van der Waals surface area (Å²) in [5, 5.41) is 0. The average Bonchev–Trinajstić information content (AvgIpc) is 2.67. The predicted molar refractivity (Wildman–Crippen MR) is 74.5 cm³/mol. The number of hydrogen-bond donors (Lipinski definition) is 1. The number of halogens is 1. The van der Waals surface area contributed by atoms with Gasteiger partial charge in [0.25, 0.3) is 5.91 Å². The van der Waals surface area contributed by atoms with Crippen LogP contribution in [0.4, 0.5) is 11.5 Å². The lowest BCUT2D eigenvalue weighted by molar-refractivity contribution is 0.0986. The van der Waals surface area contributed by atoms with Gasteiger partial charge in [0, 0.05) is 24.3 Å². The van der Waals surface area contributed by atoms with E-state index in [4.69, 9.17) is 5.73 Å². The van der Waals surface area contributed by atoms with E-state index < -0.39 is 0 Å². The van der Waals surface area contributed by atoms with Crippen molar-refractivity contribution in [1.29, 1.82) is 0 Å². The second-order valence-electron chi connectivity index (χ2n) is 3.93. The summed E-state index contributed by atoms with van der Waals surface area (Å²) in [6.07, 6.45) is 1.53. The normalized spacial score (nSPS) is 10.4. The minimum absolute atomic E-state index is 0.189. The fourth-order valence-corrected chi connectivity index (χ4v) is 2.06. The fourth-order valence-electron chi connectivity index (χ4n) is 1.67. The molecule has 0 radical (unpaired) electrons. The lowest BCUT2D eigenvalue weighted by Crippen LogP contribution is -2.28. The molecule has 1 heterocycles. The molecule has 5 nitrogen and oxygen atoms in total. The van der Waals surface area contributed by atoms with Crippen LogP contribution in [0.1, 0.15) is 10.5 Å². The van der Waals surface area contributed by atoms with Gasteiger partial charge in [-0.15, -0.1) is 0 Å². The number of nitrogens with two attached hydrogens (primary N) is 1. The first-order valence-electron chi connectivity index (χ1n) is 5.31. The van der Waals surface area contributed by atoms with E-state index in [9.17, 15) is 4.79 Å². The van der Waals surface area contributed by atoms with E-state index in [1.54, 1.807) is 18.7 Å². The summed E-state index contributed by atoms with van der Waals surface area (Å²) in [5.74, 6) is 0.0509. The molecular weight excluding hydrogens is 296 g/mol. The van der Waals surface area contributed by atoms with Crippen molar-refractivity contribution < 1.29 is 4.79 Å². The van der Waals surface area contributed by atoms with Crippen LogP contribution in [-0.4, -0.2) is 22.5 Å². The minimum atomic E-state index is -0.189. The Morgan fingerprint density at radius 2 is 2.22 bits per heavy atom. The van der Waals surface area contributed by atoms with Gasteiger partial charge < -0.3 is 15.2 Å². The van der Waals surface area contributed by atoms with Crippen molar-refractivity contribution in [1.82, 2.24) is 9.55 Å². The molecule has 0 aliphatic carbocycles. The molecule has 18 heavy (non-hydrogen) atoms. The molecule has 0 fully saturated rings. The van der Waals surface area contributed by atoms with Gasteiger partial charge in [0.2, 0.25) is 0 Å². The van der Waals surface area contributed by atoms with Crippen LogP contribution in [0.15, 0.2) is 35.1 Å². The highest BCUT2D eigenvalue weighted by Gasteiger charge is 2.20. The number of amides is 1. The lowest BCUT2D eigenvalue weighted by atomic mass is 10.2. The number of nitrogens with zero attached hydrogens (tertiary/aromatic N) is 3. The zero-order valence-corrected chi connectivity index (χ0v) is 11.7. The van der Waals surface area contributed by atoms with E-state index in [1.807, 2.05) is 24.3 Å². The van der Waals surface area contributed by atoms with Gasteiger partial charge in [-0.25, -0.2) is 4.98 Å². The number of imidazole rings is 1. The number of rotatable bonds is 2.